The number of hydrogen-bond acceptors (Lipinski definition) is 6. The van der Waals surface area contributed by atoms with Crippen LogP contribution in [0.25, 0.3) is 0 Å². The molecular weight excluding hydrogens is 429 g/mol. The Labute approximate surface area is 182 Å². The van der Waals surface area contributed by atoms with Crippen LogP contribution in [0.15, 0.2) is 36.4 Å². The maximum absolute atomic E-state index is 13.7. The van der Waals surface area contributed by atoms with Crippen molar-refractivity contribution in [2.24, 2.45) is 0 Å². The Kier molecular flexibility index (Phi) is 6.99. The van der Waals surface area contributed by atoms with Crippen LogP contribution in [-0.2, 0) is 12.7 Å². The van der Waals surface area contributed by atoms with Gasteiger partial charge < -0.3 is 15.0 Å². The molecule has 2 aromatic carbocycles. The molecule has 0 saturated carbocycles. The van der Waals surface area contributed by atoms with Crippen LogP contribution in [0.1, 0.15) is 21.5 Å². The first-order chi connectivity index (χ1) is 15.1. The molecule has 1 aliphatic rings. The maximum atomic E-state index is 13.7. The highest BCUT2D eigenvalue weighted by molar-refractivity contribution is 6.04. The molecule has 0 unspecified atom stereocenters. The highest BCUT2D eigenvalue weighted by atomic mass is 19.4. The molecule has 0 bridgehead atoms. The van der Waals surface area contributed by atoms with E-state index in [1.54, 1.807) is 0 Å². The van der Waals surface area contributed by atoms with E-state index in [0.717, 1.165) is 25.2 Å². The van der Waals surface area contributed by atoms with Crippen molar-refractivity contribution >= 4 is 17.3 Å². The van der Waals surface area contributed by atoms with Crippen LogP contribution in [0.3, 0.4) is 0 Å². The molecule has 2 aromatic rings. The molecule has 172 valence electrons. The number of anilines is 1. The lowest BCUT2D eigenvalue weighted by Crippen LogP contribution is -2.44. The van der Waals surface area contributed by atoms with Gasteiger partial charge in [-0.2, -0.15) is 13.2 Å². The third kappa shape index (κ3) is 5.54. The normalized spacial score (nSPS) is 15.4. The average Bonchev–Trinajstić information content (AvgIpc) is 2.75. The number of halogens is 3. The molecule has 0 aromatic heterocycles. The number of rotatable bonds is 6. The van der Waals surface area contributed by atoms with Crippen molar-refractivity contribution in [3.05, 3.63) is 63.2 Å². The van der Waals surface area contributed by atoms with Crippen molar-refractivity contribution in [3.63, 3.8) is 0 Å². The topological polar surface area (TPSA) is 88.0 Å². The van der Waals surface area contributed by atoms with Crippen LogP contribution < -0.4 is 10.1 Å². The Hall–Kier alpha value is -3.18. The summed E-state index contributed by atoms with van der Waals surface area (Å²) in [6, 6.07) is 7.21. The van der Waals surface area contributed by atoms with E-state index in [2.05, 4.69) is 10.2 Å². The highest BCUT2D eigenvalue weighted by Crippen LogP contribution is 2.35. The lowest BCUT2D eigenvalue weighted by atomic mass is 10.0. The fourth-order valence-electron chi connectivity index (χ4n) is 3.48. The Balaban J connectivity index is 1.82. The minimum Gasteiger partial charge on any atom is -0.490 e. The number of piperazine rings is 1. The molecule has 1 heterocycles. The van der Waals surface area contributed by atoms with Gasteiger partial charge in [-0.3, -0.25) is 19.8 Å². The van der Waals surface area contributed by atoms with Gasteiger partial charge in [0.05, 0.1) is 17.6 Å². The first kappa shape index (κ1) is 23.5. The van der Waals surface area contributed by atoms with Gasteiger partial charge in [-0.25, -0.2) is 0 Å². The molecule has 1 fully saturated rings. The fourth-order valence-corrected chi connectivity index (χ4v) is 3.48. The molecule has 1 amide bonds. The van der Waals surface area contributed by atoms with Crippen LogP contribution in [0.2, 0.25) is 0 Å². The first-order valence-corrected chi connectivity index (χ1v) is 9.83. The van der Waals surface area contributed by atoms with Gasteiger partial charge in [-0.15, -0.1) is 0 Å². The summed E-state index contributed by atoms with van der Waals surface area (Å²) in [4.78, 5) is 27.0. The number of carbonyl (C=O) groups excluding carboxylic acids is 1. The van der Waals surface area contributed by atoms with E-state index in [9.17, 15) is 28.1 Å². The monoisotopic (exact) mass is 452 g/mol. The number of benzene rings is 2. The van der Waals surface area contributed by atoms with Gasteiger partial charge in [-0.1, -0.05) is 6.07 Å². The number of nitrogens with zero attached hydrogens (tertiary/aromatic N) is 3. The van der Waals surface area contributed by atoms with Gasteiger partial charge >= 0.3 is 11.9 Å². The largest absolute Gasteiger partial charge is 0.490 e. The van der Waals surface area contributed by atoms with E-state index in [-0.39, 0.29) is 29.1 Å². The summed E-state index contributed by atoms with van der Waals surface area (Å²) in [6.45, 7) is 3.06. The van der Waals surface area contributed by atoms with Gasteiger partial charge in [-0.05, 0) is 36.9 Å². The Morgan fingerprint density at radius 3 is 2.44 bits per heavy atom. The molecular formula is C21H23F3N4O4. The number of alkyl halides is 3. The second-order valence-corrected chi connectivity index (χ2v) is 7.55. The van der Waals surface area contributed by atoms with Gasteiger partial charge in [0.15, 0.2) is 5.75 Å². The molecule has 0 spiro atoms. The Morgan fingerprint density at radius 1 is 1.16 bits per heavy atom. The predicted octanol–water partition coefficient (Wildman–Crippen LogP) is 3.62. The standard InChI is InChI=1S/C21H23F3N4O4/c1-26-7-9-27(10-8-26)13-15-3-5-16(12-17(15)21(22,23)24)25-20(29)14-4-6-19(32-2)18(11-14)28(30)31/h3-6,11-12H,7-10,13H2,1-2H3,(H,25,29). The molecule has 0 aliphatic carbocycles. The summed E-state index contributed by atoms with van der Waals surface area (Å²) in [7, 11) is 3.22. The maximum Gasteiger partial charge on any atom is 0.416 e. The molecule has 1 saturated heterocycles. The van der Waals surface area contributed by atoms with Gasteiger partial charge in [0.25, 0.3) is 5.91 Å². The van der Waals surface area contributed by atoms with Crippen molar-refractivity contribution in [1.29, 1.82) is 0 Å². The van der Waals surface area contributed by atoms with Crippen LogP contribution in [0, 0.1) is 10.1 Å². The van der Waals surface area contributed by atoms with E-state index < -0.39 is 28.3 Å². The predicted molar refractivity (Wildman–Crippen MR) is 112 cm³/mol. The third-order valence-electron chi connectivity index (χ3n) is 5.30. The summed E-state index contributed by atoms with van der Waals surface area (Å²) in [5, 5.41) is 13.5. The summed E-state index contributed by atoms with van der Waals surface area (Å²) >= 11 is 0. The van der Waals surface area contributed by atoms with E-state index >= 15 is 0 Å². The number of carbonyl (C=O) groups is 1. The number of nitro benzene ring substituents is 1. The van der Waals surface area contributed by atoms with Gasteiger partial charge in [0, 0.05) is 50.0 Å². The number of amides is 1. The molecule has 1 aliphatic heterocycles. The van der Waals surface area contributed by atoms with E-state index in [0.29, 0.717) is 13.1 Å². The van der Waals surface area contributed by atoms with Crippen molar-refractivity contribution in [2.45, 2.75) is 12.7 Å². The Morgan fingerprint density at radius 2 is 1.84 bits per heavy atom. The number of nitro groups is 1. The van der Waals surface area contributed by atoms with Crippen molar-refractivity contribution in [2.75, 3.05) is 45.7 Å². The zero-order valence-electron chi connectivity index (χ0n) is 17.6. The van der Waals surface area contributed by atoms with E-state index in [1.807, 2.05) is 11.9 Å². The van der Waals surface area contributed by atoms with E-state index in [4.69, 9.17) is 4.74 Å². The molecule has 3 rings (SSSR count). The van der Waals surface area contributed by atoms with Gasteiger partial charge in [0.2, 0.25) is 0 Å². The minimum absolute atomic E-state index is 0.0285. The Bertz CT molecular complexity index is 1010. The molecule has 11 heteroatoms. The molecule has 8 nitrogen and oxygen atoms in total. The summed E-state index contributed by atoms with van der Waals surface area (Å²) in [5.41, 5.74) is -1.25. The third-order valence-corrected chi connectivity index (χ3v) is 5.30. The summed E-state index contributed by atoms with van der Waals surface area (Å²) in [6.07, 6.45) is -4.60. The summed E-state index contributed by atoms with van der Waals surface area (Å²) in [5.74, 6) is -0.796. The number of nitrogens with one attached hydrogen (secondary N) is 1. The first-order valence-electron chi connectivity index (χ1n) is 9.83. The van der Waals surface area contributed by atoms with Crippen LogP contribution >= 0.6 is 0 Å². The highest BCUT2D eigenvalue weighted by Gasteiger charge is 2.34. The van der Waals surface area contributed by atoms with Crippen LogP contribution in [0.4, 0.5) is 24.5 Å². The smallest absolute Gasteiger partial charge is 0.416 e. The zero-order valence-corrected chi connectivity index (χ0v) is 17.6. The SMILES string of the molecule is COc1ccc(C(=O)Nc2ccc(CN3CCN(C)CC3)c(C(F)(F)F)c2)cc1[N+](=O)[O-]. The number of likely N-dealkylation sites (N-methyl/N-ethyl adjacent to an activating group) is 1. The van der Waals surface area contributed by atoms with Crippen molar-refractivity contribution < 1.29 is 27.6 Å². The fraction of sp³-hybridized carbons (Fsp3) is 0.381. The quantitative estimate of drug-likeness (QED) is 0.532. The second-order valence-electron chi connectivity index (χ2n) is 7.55. The van der Waals surface area contributed by atoms with Crippen LogP contribution in [-0.4, -0.2) is 61.0 Å². The average molecular weight is 452 g/mol. The van der Waals surface area contributed by atoms with Crippen molar-refractivity contribution in [3.8, 4) is 5.75 Å². The van der Waals surface area contributed by atoms with Gasteiger partial charge in [0.1, 0.15) is 0 Å². The molecule has 0 radical (unpaired) electrons. The molecule has 0 atom stereocenters. The molecule has 32 heavy (non-hydrogen) atoms. The van der Waals surface area contributed by atoms with E-state index in [1.165, 1.54) is 31.4 Å². The lowest BCUT2D eigenvalue weighted by molar-refractivity contribution is -0.385. The minimum atomic E-state index is -4.60. The number of ether oxygens (including phenoxy) is 1. The second kappa shape index (κ2) is 9.53. The van der Waals surface area contributed by atoms with Crippen molar-refractivity contribution in [1.82, 2.24) is 9.80 Å². The zero-order chi connectivity index (χ0) is 23.5. The summed E-state index contributed by atoms with van der Waals surface area (Å²) < 4.78 is 46.0. The molecule has 1 N–H and O–H groups in total. The van der Waals surface area contributed by atoms with Crippen LogP contribution in [0.5, 0.6) is 5.75 Å². The number of methoxy groups -OCH3 is 1. The lowest BCUT2D eigenvalue weighted by Gasteiger charge is -2.33. The number of hydrogen-bond donors (Lipinski definition) is 1.